The molecule has 1 aromatic heterocycles. The van der Waals surface area contributed by atoms with Crippen LogP contribution in [0.1, 0.15) is 40.6 Å². The van der Waals surface area contributed by atoms with Gasteiger partial charge in [0.15, 0.2) is 0 Å². The Balaban J connectivity index is 2.38. The molecule has 0 saturated heterocycles. The average molecular weight is 285 g/mol. The molecule has 0 radical (unpaired) electrons. The van der Waals surface area contributed by atoms with E-state index >= 15 is 0 Å². The fourth-order valence-electron chi connectivity index (χ4n) is 1.35. The van der Waals surface area contributed by atoms with Gasteiger partial charge in [-0.15, -0.1) is 11.3 Å². The largest absolute Gasteiger partial charge is 0.461 e. The predicted molar refractivity (Wildman–Crippen MR) is 73.6 cm³/mol. The van der Waals surface area contributed by atoms with Gasteiger partial charge in [0.05, 0.1) is 6.61 Å². The van der Waals surface area contributed by atoms with Crippen molar-refractivity contribution in [1.29, 1.82) is 0 Å². The first-order valence-corrected chi connectivity index (χ1v) is 7.18. The Bertz CT molecular complexity index is 420. The van der Waals surface area contributed by atoms with E-state index < -0.39 is 5.97 Å². The summed E-state index contributed by atoms with van der Waals surface area (Å²) in [5.74, 6) is -0.748. The number of nitrogens with one attached hydrogen (secondary N) is 2. The number of thiazole rings is 1. The highest BCUT2D eigenvalue weighted by atomic mass is 32.1. The smallest absolute Gasteiger partial charge is 0.367 e. The number of carbonyl (C=O) groups excluding carboxylic acids is 2. The molecule has 1 rings (SSSR count). The molecule has 1 amide bonds. The number of rotatable bonds is 8. The molecular formula is C12H19N3O3S. The zero-order chi connectivity index (χ0) is 14.1. The third kappa shape index (κ3) is 5.35. The van der Waals surface area contributed by atoms with Crippen molar-refractivity contribution in [3.8, 4) is 0 Å². The summed E-state index contributed by atoms with van der Waals surface area (Å²) in [7, 11) is 0. The van der Waals surface area contributed by atoms with E-state index in [1.54, 1.807) is 12.3 Å². The molecule has 1 aromatic rings. The number of aromatic nitrogens is 1. The normalized spacial score (nSPS) is 10.2. The number of carbonyl (C=O) groups is 2. The maximum absolute atomic E-state index is 11.7. The van der Waals surface area contributed by atoms with Gasteiger partial charge in [0.2, 0.25) is 5.01 Å². The molecule has 19 heavy (non-hydrogen) atoms. The van der Waals surface area contributed by atoms with Crippen LogP contribution < -0.4 is 10.6 Å². The van der Waals surface area contributed by atoms with E-state index in [0.29, 0.717) is 13.2 Å². The summed E-state index contributed by atoms with van der Waals surface area (Å²) in [6.07, 6.45) is 0.856. The quantitative estimate of drug-likeness (QED) is 0.551. The Labute approximate surface area is 116 Å². The van der Waals surface area contributed by atoms with Crippen LogP contribution in [0.2, 0.25) is 0 Å². The predicted octanol–water partition coefficient (Wildman–Crippen LogP) is 1.05. The maximum atomic E-state index is 11.7. The van der Waals surface area contributed by atoms with Gasteiger partial charge in [0.1, 0.15) is 5.69 Å². The number of ether oxygens (including phenoxy) is 1. The van der Waals surface area contributed by atoms with Crippen molar-refractivity contribution in [3.63, 3.8) is 0 Å². The number of hydrogen-bond acceptors (Lipinski definition) is 6. The van der Waals surface area contributed by atoms with Gasteiger partial charge in [-0.05, 0) is 26.4 Å². The summed E-state index contributed by atoms with van der Waals surface area (Å²) < 4.78 is 4.82. The van der Waals surface area contributed by atoms with Crippen LogP contribution in [0, 0.1) is 0 Å². The Kier molecular flexibility index (Phi) is 7.06. The van der Waals surface area contributed by atoms with E-state index in [0.717, 1.165) is 30.8 Å². The van der Waals surface area contributed by atoms with E-state index in [1.807, 2.05) is 6.92 Å². The van der Waals surface area contributed by atoms with Gasteiger partial charge >= 0.3 is 5.97 Å². The van der Waals surface area contributed by atoms with Crippen LogP contribution in [-0.2, 0) is 4.74 Å². The van der Waals surface area contributed by atoms with Crippen molar-refractivity contribution in [2.45, 2.75) is 20.3 Å². The number of amides is 1. The Morgan fingerprint density at radius 2 is 2.16 bits per heavy atom. The summed E-state index contributed by atoms with van der Waals surface area (Å²) >= 11 is 1.11. The third-order valence-electron chi connectivity index (χ3n) is 2.25. The van der Waals surface area contributed by atoms with E-state index in [-0.39, 0.29) is 16.6 Å². The zero-order valence-electron chi connectivity index (χ0n) is 11.2. The lowest BCUT2D eigenvalue weighted by Crippen LogP contribution is -2.27. The number of nitrogens with zero attached hydrogens (tertiary/aromatic N) is 1. The van der Waals surface area contributed by atoms with Gasteiger partial charge in [-0.2, -0.15) is 0 Å². The molecule has 7 heteroatoms. The average Bonchev–Trinajstić information content (AvgIpc) is 2.88. The lowest BCUT2D eigenvalue weighted by atomic mass is 10.4. The molecule has 0 atom stereocenters. The second-order valence-electron chi connectivity index (χ2n) is 3.72. The van der Waals surface area contributed by atoms with Gasteiger partial charge in [0, 0.05) is 11.9 Å². The minimum atomic E-state index is -0.487. The standard InChI is InChI=1S/C12H19N3O3S/c1-3-13-6-5-7-14-10(16)9-8-19-11(15-9)12(17)18-4-2/h8,13H,3-7H2,1-2H3,(H,14,16). The highest BCUT2D eigenvalue weighted by Crippen LogP contribution is 2.11. The molecule has 0 aliphatic rings. The Morgan fingerprint density at radius 3 is 2.84 bits per heavy atom. The molecule has 0 aromatic carbocycles. The van der Waals surface area contributed by atoms with Gasteiger partial charge < -0.3 is 15.4 Å². The molecule has 0 aliphatic heterocycles. The molecule has 0 spiro atoms. The molecule has 0 bridgehead atoms. The van der Waals surface area contributed by atoms with Crippen molar-refractivity contribution in [2.24, 2.45) is 0 Å². The van der Waals surface area contributed by atoms with Crippen LogP contribution in [-0.4, -0.2) is 43.1 Å². The van der Waals surface area contributed by atoms with Gasteiger partial charge in [-0.1, -0.05) is 6.92 Å². The topological polar surface area (TPSA) is 80.3 Å². The molecule has 6 nitrogen and oxygen atoms in total. The monoisotopic (exact) mass is 285 g/mol. The molecule has 0 fully saturated rings. The molecule has 0 saturated carbocycles. The molecule has 0 aliphatic carbocycles. The van der Waals surface area contributed by atoms with E-state index in [1.165, 1.54) is 0 Å². The van der Waals surface area contributed by atoms with E-state index in [9.17, 15) is 9.59 Å². The summed E-state index contributed by atoms with van der Waals surface area (Å²) in [5.41, 5.74) is 0.261. The minimum Gasteiger partial charge on any atom is -0.461 e. The third-order valence-corrected chi connectivity index (χ3v) is 3.08. The molecular weight excluding hydrogens is 266 g/mol. The fourth-order valence-corrected chi connectivity index (χ4v) is 2.04. The van der Waals surface area contributed by atoms with Gasteiger partial charge in [-0.25, -0.2) is 9.78 Å². The van der Waals surface area contributed by atoms with Gasteiger partial charge in [-0.3, -0.25) is 4.79 Å². The molecule has 1 heterocycles. The van der Waals surface area contributed by atoms with Crippen LogP contribution in [0.3, 0.4) is 0 Å². The van der Waals surface area contributed by atoms with Crippen molar-refractivity contribution >= 4 is 23.2 Å². The van der Waals surface area contributed by atoms with Crippen LogP contribution in [0.4, 0.5) is 0 Å². The molecule has 106 valence electrons. The number of hydrogen-bond donors (Lipinski definition) is 2. The molecule has 0 unspecified atom stereocenters. The first kappa shape index (κ1) is 15.6. The van der Waals surface area contributed by atoms with E-state index in [2.05, 4.69) is 15.6 Å². The Morgan fingerprint density at radius 1 is 1.37 bits per heavy atom. The first-order valence-electron chi connectivity index (χ1n) is 6.30. The first-order chi connectivity index (χ1) is 9.19. The summed E-state index contributed by atoms with van der Waals surface area (Å²) in [5, 5.41) is 7.69. The summed E-state index contributed by atoms with van der Waals surface area (Å²) in [4.78, 5) is 27.1. The highest BCUT2D eigenvalue weighted by Gasteiger charge is 2.15. The SMILES string of the molecule is CCNCCCNC(=O)c1csc(C(=O)OCC)n1. The van der Waals surface area contributed by atoms with Crippen LogP contribution >= 0.6 is 11.3 Å². The fraction of sp³-hybridized carbons (Fsp3) is 0.583. The Hall–Kier alpha value is -1.47. The van der Waals surface area contributed by atoms with Crippen LogP contribution in [0.25, 0.3) is 0 Å². The van der Waals surface area contributed by atoms with Crippen LogP contribution in [0.5, 0.6) is 0 Å². The maximum Gasteiger partial charge on any atom is 0.367 e. The highest BCUT2D eigenvalue weighted by molar-refractivity contribution is 7.11. The minimum absolute atomic E-state index is 0.208. The van der Waals surface area contributed by atoms with Crippen molar-refractivity contribution < 1.29 is 14.3 Å². The number of esters is 1. The van der Waals surface area contributed by atoms with Gasteiger partial charge in [0.25, 0.3) is 5.91 Å². The lowest BCUT2D eigenvalue weighted by molar-refractivity contribution is 0.0526. The summed E-state index contributed by atoms with van der Waals surface area (Å²) in [6, 6.07) is 0. The lowest BCUT2D eigenvalue weighted by Gasteiger charge is -2.03. The zero-order valence-corrected chi connectivity index (χ0v) is 12.0. The molecule has 2 N–H and O–H groups in total. The van der Waals surface area contributed by atoms with Crippen LogP contribution in [0.15, 0.2) is 5.38 Å². The summed E-state index contributed by atoms with van der Waals surface area (Å²) in [6.45, 7) is 6.42. The van der Waals surface area contributed by atoms with Crippen molar-refractivity contribution in [1.82, 2.24) is 15.6 Å². The van der Waals surface area contributed by atoms with Crippen molar-refractivity contribution in [3.05, 3.63) is 16.1 Å². The second kappa shape index (κ2) is 8.60. The second-order valence-corrected chi connectivity index (χ2v) is 4.58. The van der Waals surface area contributed by atoms with Crippen molar-refractivity contribution in [2.75, 3.05) is 26.2 Å². The van der Waals surface area contributed by atoms with E-state index in [4.69, 9.17) is 4.74 Å².